The Hall–Kier alpha value is -2.67. The zero-order valence-corrected chi connectivity index (χ0v) is 14.3. The number of carbonyl (C=O) groups is 1. The molecule has 2 amide bonds. The summed E-state index contributed by atoms with van der Waals surface area (Å²) in [6.07, 6.45) is 0.846. The van der Waals surface area contributed by atoms with Gasteiger partial charge in [0.15, 0.2) is 0 Å². The largest absolute Gasteiger partial charge is 0.370 e. The van der Waals surface area contributed by atoms with Crippen molar-refractivity contribution < 1.29 is 4.79 Å². The summed E-state index contributed by atoms with van der Waals surface area (Å²) in [6, 6.07) is 7.19. The van der Waals surface area contributed by atoms with Crippen LogP contribution in [0.15, 0.2) is 24.3 Å². The number of benzene rings is 1. The van der Waals surface area contributed by atoms with Crippen molar-refractivity contribution in [2.45, 2.75) is 27.2 Å². The van der Waals surface area contributed by atoms with Gasteiger partial charge in [-0.25, -0.2) is 9.78 Å². The smallest absolute Gasteiger partial charge is 0.326 e. The van der Waals surface area contributed by atoms with Gasteiger partial charge in [0.25, 0.3) is 0 Å². The molecule has 24 heavy (non-hydrogen) atoms. The second-order valence-corrected chi connectivity index (χ2v) is 5.67. The number of aryl methyl sites for hydroxylation is 3. The molecular formula is C17H24N6O. The van der Waals surface area contributed by atoms with E-state index in [1.54, 1.807) is 0 Å². The molecule has 0 unspecified atom stereocenters. The van der Waals surface area contributed by atoms with Gasteiger partial charge < -0.3 is 16.4 Å². The number of anilines is 3. The summed E-state index contributed by atoms with van der Waals surface area (Å²) in [5.74, 6) is 0.920. The monoisotopic (exact) mass is 328 g/mol. The van der Waals surface area contributed by atoms with Crippen molar-refractivity contribution in [2.24, 2.45) is 5.73 Å². The average Bonchev–Trinajstić information content (AvgIpc) is 2.50. The van der Waals surface area contributed by atoms with Gasteiger partial charge in [0.05, 0.1) is 0 Å². The summed E-state index contributed by atoms with van der Waals surface area (Å²) < 4.78 is 0. The molecule has 1 aromatic carbocycles. The summed E-state index contributed by atoms with van der Waals surface area (Å²) in [5.41, 5.74) is 9.26. The lowest BCUT2D eigenvalue weighted by Crippen LogP contribution is -2.21. The van der Waals surface area contributed by atoms with E-state index >= 15 is 0 Å². The van der Waals surface area contributed by atoms with Crippen molar-refractivity contribution in [3.8, 4) is 0 Å². The predicted octanol–water partition coefficient (Wildman–Crippen LogP) is 2.81. The molecule has 0 saturated carbocycles. The molecule has 5 N–H and O–H groups in total. The van der Waals surface area contributed by atoms with Crippen LogP contribution in [0.4, 0.5) is 22.2 Å². The van der Waals surface area contributed by atoms with Crippen LogP contribution in [0.5, 0.6) is 0 Å². The number of nitrogens with zero attached hydrogens (tertiary/aromatic N) is 2. The fourth-order valence-corrected chi connectivity index (χ4v) is 2.12. The van der Waals surface area contributed by atoms with E-state index in [1.807, 2.05) is 45.0 Å². The third kappa shape index (κ3) is 5.20. The highest BCUT2D eigenvalue weighted by molar-refractivity contribution is 5.98. The van der Waals surface area contributed by atoms with Crippen LogP contribution >= 0.6 is 0 Å². The number of nitrogens with two attached hydrogens (primary N) is 1. The molecule has 128 valence electrons. The second kappa shape index (κ2) is 8.26. The van der Waals surface area contributed by atoms with Crippen LogP contribution in [0.3, 0.4) is 0 Å². The normalized spacial score (nSPS) is 10.3. The number of carbonyl (C=O) groups excluding carboxylic acids is 1. The fraction of sp³-hybridized carbons (Fsp3) is 0.353. The summed E-state index contributed by atoms with van der Waals surface area (Å²) in [5, 5.41) is 8.60. The van der Waals surface area contributed by atoms with Gasteiger partial charge in [-0.3, -0.25) is 5.32 Å². The van der Waals surface area contributed by atoms with Gasteiger partial charge in [-0.15, -0.1) is 0 Å². The van der Waals surface area contributed by atoms with Crippen LogP contribution in [-0.4, -0.2) is 29.1 Å². The quantitative estimate of drug-likeness (QED) is 0.610. The van der Waals surface area contributed by atoms with Crippen LogP contribution in [0, 0.1) is 20.8 Å². The van der Waals surface area contributed by atoms with Crippen molar-refractivity contribution in [1.29, 1.82) is 0 Å². The molecule has 0 aliphatic heterocycles. The molecule has 7 nitrogen and oxygen atoms in total. The molecule has 0 fully saturated rings. The van der Waals surface area contributed by atoms with E-state index in [0.29, 0.717) is 12.4 Å². The maximum absolute atomic E-state index is 12.1. The third-order valence-electron chi connectivity index (χ3n) is 3.53. The Morgan fingerprint density at radius 2 is 1.88 bits per heavy atom. The molecule has 0 bridgehead atoms. The highest BCUT2D eigenvalue weighted by Gasteiger charge is 2.07. The number of hydrogen-bond acceptors (Lipinski definition) is 5. The van der Waals surface area contributed by atoms with E-state index in [1.165, 1.54) is 5.56 Å². The van der Waals surface area contributed by atoms with Crippen LogP contribution in [0.2, 0.25) is 0 Å². The minimum atomic E-state index is -0.378. The van der Waals surface area contributed by atoms with Crippen LogP contribution in [0.25, 0.3) is 0 Å². The predicted molar refractivity (Wildman–Crippen MR) is 97.5 cm³/mol. The Morgan fingerprint density at radius 3 is 2.58 bits per heavy atom. The molecule has 0 atom stereocenters. The SMILES string of the molecule is Cc1cc(NCCCN)nc(NC(=O)Nc2ccc(C)c(C)c2)n1. The molecule has 0 aliphatic carbocycles. The zero-order valence-electron chi connectivity index (χ0n) is 14.3. The Morgan fingerprint density at radius 1 is 1.08 bits per heavy atom. The standard InChI is InChI=1S/C17H24N6O/c1-11-5-6-14(9-12(11)2)21-17(24)23-16-20-13(3)10-15(22-16)19-8-4-7-18/h5-6,9-10H,4,7-8,18H2,1-3H3,(H3,19,20,21,22,23,24). The maximum Gasteiger partial charge on any atom is 0.326 e. The number of hydrogen-bond donors (Lipinski definition) is 4. The molecule has 2 aromatic rings. The molecule has 2 rings (SSSR count). The van der Waals surface area contributed by atoms with E-state index in [-0.39, 0.29) is 12.0 Å². The Labute approximate surface area is 142 Å². The topological polar surface area (TPSA) is 105 Å². The van der Waals surface area contributed by atoms with Crippen molar-refractivity contribution >= 4 is 23.5 Å². The maximum atomic E-state index is 12.1. The van der Waals surface area contributed by atoms with E-state index in [9.17, 15) is 4.79 Å². The molecule has 0 radical (unpaired) electrons. The first-order valence-corrected chi connectivity index (χ1v) is 7.93. The average molecular weight is 328 g/mol. The van der Waals surface area contributed by atoms with E-state index in [4.69, 9.17) is 5.73 Å². The second-order valence-electron chi connectivity index (χ2n) is 5.67. The Kier molecular flexibility index (Phi) is 6.08. The van der Waals surface area contributed by atoms with Gasteiger partial charge in [-0.1, -0.05) is 6.07 Å². The van der Waals surface area contributed by atoms with Gasteiger partial charge in [-0.2, -0.15) is 4.98 Å². The highest BCUT2D eigenvalue weighted by Crippen LogP contribution is 2.15. The zero-order chi connectivity index (χ0) is 17.5. The molecule has 1 heterocycles. The first kappa shape index (κ1) is 17.7. The third-order valence-corrected chi connectivity index (χ3v) is 3.53. The van der Waals surface area contributed by atoms with Crippen LogP contribution in [0.1, 0.15) is 23.2 Å². The molecule has 0 aliphatic rings. The Bertz CT molecular complexity index is 716. The molecule has 0 spiro atoms. The molecule has 7 heteroatoms. The van der Waals surface area contributed by atoms with E-state index < -0.39 is 0 Å². The van der Waals surface area contributed by atoms with Gasteiger partial charge >= 0.3 is 6.03 Å². The molecule has 1 aromatic heterocycles. The lowest BCUT2D eigenvalue weighted by molar-refractivity contribution is 0.262. The number of nitrogens with one attached hydrogen (secondary N) is 3. The number of amides is 2. The van der Waals surface area contributed by atoms with Crippen molar-refractivity contribution in [1.82, 2.24) is 9.97 Å². The first-order valence-electron chi connectivity index (χ1n) is 7.93. The van der Waals surface area contributed by atoms with Crippen LogP contribution < -0.4 is 21.7 Å². The summed E-state index contributed by atoms with van der Waals surface area (Å²) in [6.45, 7) is 7.21. The molecule has 0 saturated heterocycles. The summed E-state index contributed by atoms with van der Waals surface area (Å²) in [7, 11) is 0. The summed E-state index contributed by atoms with van der Waals surface area (Å²) in [4.78, 5) is 20.6. The van der Waals surface area contributed by atoms with Gasteiger partial charge in [-0.05, 0) is 57.0 Å². The lowest BCUT2D eigenvalue weighted by Gasteiger charge is -2.10. The lowest BCUT2D eigenvalue weighted by atomic mass is 10.1. The van der Waals surface area contributed by atoms with E-state index in [0.717, 1.165) is 29.9 Å². The fourth-order valence-electron chi connectivity index (χ4n) is 2.12. The number of rotatable bonds is 6. The van der Waals surface area contributed by atoms with Crippen molar-refractivity contribution in [3.63, 3.8) is 0 Å². The van der Waals surface area contributed by atoms with Gasteiger partial charge in [0.1, 0.15) is 5.82 Å². The Balaban J connectivity index is 2.01. The number of aromatic nitrogens is 2. The minimum Gasteiger partial charge on any atom is -0.370 e. The van der Waals surface area contributed by atoms with Gasteiger partial charge in [0, 0.05) is 24.0 Å². The van der Waals surface area contributed by atoms with Crippen LogP contribution in [-0.2, 0) is 0 Å². The van der Waals surface area contributed by atoms with Crippen molar-refractivity contribution in [3.05, 3.63) is 41.1 Å². The summed E-state index contributed by atoms with van der Waals surface area (Å²) >= 11 is 0. The van der Waals surface area contributed by atoms with Crippen molar-refractivity contribution in [2.75, 3.05) is 29.0 Å². The minimum absolute atomic E-state index is 0.256. The van der Waals surface area contributed by atoms with Gasteiger partial charge in [0.2, 0.25) is 5.95 Å². The first-order chi connectivity index (χ1) is 11.5. The van der Waals surface area contributed by atoms with E-state index in [2.05, 4.69) is 25.9 Å². The number of urea groups is 1. The molecular weight excluding hydrogens is 304 g/mol. The highest BCUT2D eigenvalue weighted by atomic mass is 16.2.